The third-order valence-electron chi connectivity index (χ3n) is 3.07. The lowest BCUT2D eigenvalue weighted by atomic mass is 10.1. The molecule has 0 aliphatic heterocycles. The molecule has 1 amide bonds. The standard InChI is InChI=1S/C13H14F6N2O3S/c1-2-21(6-11(20)22)25(23,24)7-8-3-9(12(14,15)16)5-10(4-8)13(17,18)19/h3-5H,2,6-7H2,1H3,(H2,20,22). The minimum atomic E-state index is -5.09. The fourth-order valence-corrected chi connectivity index (χ4v) is 3.47. The third-order valence-corrected chi connectivity index (χ3v) is 4.95. The molecule has 1 aromatic carbocycles. The molecule has 0 bridgehead atoms. The zero-order chi connectivity index (χ0) is 19.6. The van der Waals surface area contributed by atoms with Crippen molar-refractivity contribution in [1.29, 1.82) is 0 Å². The Bertz CT molecular complexity index is 711. The van der Waals surface area contributed by atoms with E-state index in [2.05, 4.69) is 0 Å². The van der Waals surface area contributed by atoms with Crippen molar-refractivity contribution in [1.82, 2.24) is 4.31 Å². The zero-order valence-corrected chi connectivity index (χ0v) is 13.6. The number of carbonyl (C=O) groups excluding carboxylic acids is 1. The molecule has 1 rings (SSSR count). The van der Waals surface area contributed by atoms with Crippen molar-refractivity contribution in [3.63, 3.8) is 0 Å². The van der Waals surface area contributed by atoms with E-state index in [-0.39, 0.29) is 12.6 Å². The first kappa shape index (κ1) is 21.2. The maximum atomic E-state index is 12.8. The van der Waals surface area contributed by atoms with E-state index in [9.17, 15) is 39.6 Å². The summed E-state index contributed by atoms with van der Waals surface area (Å²) in [6.45, 7) is 0.383. The van der Waals surface area contributed by atoms with Crippen molar-refractivity contribution in [3.05, 3.63) is 34.9 Å². The summed E-state index contributed by atoms with van der Waals surface area (Å²) in [6.07, 6.45) is -10.2. The normalized spacial score (nSPS) is 13.3. The summed E-state index contributed by atoms with van der Waals surface area (Å²) in [5.74, 6) is -2.15. The third kappa shape index (κ3) is 5.88. The predicted octanol–water partition coefficient (Wildman–Crippen LogP) is 2.36. The van der Waals surface area contributed by atoms with Gasteiger partial charge in [0.15, 0.2) is 0 Å². The highest BCUT2D eigenvalue weighted by molar-refractivity contribution is 7.88. The quantitative estimate of drug-likeness (QED) is 0.755. The summed E-state index contributed by atoms with van der Waals surface area (Å²) in [4.78, 5) is 10.9. The Morgan fingerprint density at radius 3 is 1.80 bits per heavy atom. The largest absolute Gasteiger partial charge is 0.416 e. The molecule has 0 saturated heterocycles. The summed E-state index contributed by atoms with van der Waals surface area (Å²) in [7, 11) is -4.35. The molecule has 0 fully saturated rings. The van der Waals surface area contributed by atoms with Gasteiger partial charge in [0.25, 0.3) is 0 Å². The first-order chi connectivity index (χ1) is 11.2. The number of sulfonamides is 1. The van der Waals surface area contributed by atoms with Crippen LogP contribution < -0.4 is 5.73 Å². The second-order valence-corrected chi connectivity index (χ2v) is 7.03. The van der Waals surface area contributed by atoms with Gasteiger partial charge in [-0.25, -0.2) is 8.42 Å². The molecule has 25 heavy (non-hydrogen) atoms. The second kappa shape index (κ2) is 7.20. The molecule has 2 N–H and O–H groups in total. The molecule has 5 nitrogen and oxygen atoms in total. The number of amides is 1. The number of benzene rings is 1. The van der Waals surface area contributed by atoms with Crippen LogP contribution in [0.25, 0.3) is 0 Å². The summed E-state index contributed by atoms with van der Waals surface area (Å²) >= 11 is 0. The Morgan fingerprint density at radius 1 is 1.04 bits per heavy atom. The molecule has 0 aliphatic rings. The number of halogens is 6. The monoisotopic (exact) mass is 392 g/mol. The smallest absolute Gasteiger partial charge is 0.369 e. The van der Waals surface area contributed by atoms with Gasteiger partial charge in [0.05, 0.1) is 23.4 Å². The van der Waals surface area contributed by atoms with Crippen molar-refractivity contribution in [3.8, 4) is 0 Å². The van der Waals surface area contributed by atoms with Crippen molar-refractivity contribution in [2.24, 2.45) is 5.73 Å². The molecule has 0 spiro atoms. The van der Waals surface area contributed by atoms with Crippen molar-refractivity contribution in [2.75, 3.05) is 13.1 Å². The lowest BCUT2D eigenvalue weighted by Gasteiger charge is -2.20. The Labute approximate surface area is 139 Å². The summed E-state index contributed by atoms with van der Waals surface area (Å²) < 4.78 is 102. The Hall–Kier alpha value is -1.82. The minimum Gasteiger partial charge on any atom is -0.369 e. The van der Waals surface area contributed by atoms with Gasteiger partial charge in [-0.05, 0) is 23.8 Å². The number of hydrogen-bond donors (Lipinski definition) is 1. The predicted molar refractivity (Wildman–Crippen MR) is 75.5 cm³/mol. The van der Waals surface area contributed by atoms with Crippen LogP contribution in [0.2, 0.25) is 0 Å². The van der Waals surface area contributed by atoms with E-state index >= 15 is 0 Å². The van der Waals surface area contributed by atoms with Gasteiger partial charge in [0.1, 0.15) is 0 Å². The van der Waals surface area contributed by atoms with Crippen LogP contribution in [0, 0.1) is 0 Å². The summed E-state index contributed by atoms with van der Waals surface area (Å²) in [5, 5.41) is 0. The highest BCUT2D eigenvalue weighted by Gasteiger charge is 2.37. The van der Waals surface area contributed by atoms with Gasteiger partial charge in [-0.2, -0.15) is 30.6 Å². The van der Waals surface area contributed by atoms with Crippen molar-refractivity contribution >= 4 is 15.9 Å². The maximum absolute atomic E-state index is 12.8. The number of hydrogen-bond acceptors (Lipinski definition) is 3. The van der Waals surface area contributed by atoms with E-state index in [4.69, 9.17) is 5.73 Å². The van der Waals surface area contributed by atoms with Crippen LogP contribution >= 0.6 is 0 Å². The fourth-order valence-electron chi connectivity index (χ4n) is 1.99. The van der Waals surface area contributed by atoms with E-state index in [0.717, 1.165) is 0 Å². The average Bonchev–Trinajstić information content (AvgIpc) is 2.41. The number of alkyl halides is 6. The molecule has 1 aromatic rings. The molecular formula is C13H14F6N2O3S. The average molecular weight is 392 g/mol. The molecule has 0 aliphatic carbocycles. The van der Waals surface area contributed by atoms with Crippen LogP contribution in [-0.2, 0) is 32.9 Å². The fraction of sp³-hybridized carbons (Fsp3) is 0.462. The molecule has 12 heteroatoms. The van der Waals surface area contributed by atoms with Gasteiger partial charge in [-0.3, -0.25) is 4.79 Å². The van der Waals surface area contributed by atoms with Gasteiger partial charge in [0, 0.05) is 6.54 Å². The van der Waals surface area contributed by atoms with Crippen LogP contribution in [0.5, 0.6) is 0 Å². The van der Waals surface area contributed by atoms with Crippen LogP contribution in [-0.4, -0.2) is 31.7 Å². The van der Waals surface area contributed by atoms with Crippen molar-refractivity contribution < 1.29 is 39.6 Å². The summed E-state index contributed by atoms with van der Waals surface area (Å²) in [5.41, 5.74) is 0.935. The Balaban J connectivity index is 3.35. The maximum Gasteiger partial charge on any atom is 0.416 e. The van der Waals surface area contributed by atoms with E-state index in [1.165, 1.54) is 6.92 Å². The Morgan fingerprint density at radius 2 is 1.48 bits per heavy atom. The molecule has 142 valence electrons. The van der Waals surface area contributed by atoms with Gasteiger partial charge < -0.3 is 5.73 Å². The molecule has 0 saturated carbocycles. The number of primary amides is 1. The van der Waals surface area contributed by atoms with E-state index < -0.39 is 57.3 Å². The molecule has 0 atom stereocenters. The lowest BCUT2D eigenvalue weighted by Crippen LogP contribution is -2.38. The summed E-state index contributed by atoms with van der Waals surface area (Å²) in [6, 6.07) is 0.549. The minimum absolute atomic E-state index is 0.100. The van der Waals surface area contributed by atoms with Gasteiger partial charge in [0.2, 0.25) is 15.9 Å². The van der Waals surface area contributed by atoms with Crippen LogP contribution in [0.15, 0.2) is 18.2 Å². The van der Waals surface area contributed by atoms with E-state index in [1.54, 1.807) is 0 Å². The Kier molecular flexibility index (Phi) is 6.11. The van der Waals surface area contributed by atoms with Crippen LogP contribution in [0.4, 0.5) is 26.3 Å². The molecule has 0 heterocycles. The molecule has 0 unspecified atom stereocenters. The van der Waals surface area contributed by atoms with Gasteiger partial charge in [-0.15, -0.1) is 0 Å². The lowest BCUT2D eigenvalue weighted by molar-refractivity contribution is -0.143. The molecule has 0 radical (unpaired) electrons. The first-order valence-electron chi connectivity index (χ1n) is 6.71. The highest BCUT2D eigenvalue weighted by atomic mass is 32.2. The first-order valence-corrected chi connectivity index (χ1v) is 8.32. The van der Waals surface area contributed by atoms with Gasteiger partial charge >= 0.3 is 12.4 Å². The zero-order valence-electron chi connectivity index (χ0n) is 12.8. The highest BCUT2D eigenvalue weighted by Crippen LogP contribution is 2.36. The number of nitrogens with zero attached hydrogens (tertiary/aromatic N) is 1. The van der Waals surface area contributed by atoms with Gasteiger partial charge in [-0.1, -0.05) is 6.92 Å². The van der Waals surface area contributed by atoms with Crippen LogP contribution in [0.1, 0.15) is 23.6 Å². The second-order valence-electron chi connectivity index (χ2n) is 5.06. The number of rotatable bonds is 6. The SMILES string of the molecule is CCN(CC(N)=O)S(=O)(=O)Cc1cc(C(F)(F)F)cc(C(F)(F)F)c1. The number of carbonyl (C=O) groups is 1. The topological polar surface area (TPSA) is 80.5 Å². The number of nitrogens with two attached hydrogens (primary N) is 1. The van der Waals surface area contributed by atoms with E-state index in [0.29, 0.717) is 16.4 Å². The molecule has 0 aromatic heterocycles. The van der Waals surface area contributed by atoms with Crippen LogP contribution in [0.3, 0.4) is 0 Å². The number of likely N-dealkylation sites (N-methyl/N-ethyl adjacent to an activating group) is 1. The van der Waals surface area contributed by atoms with E-state index in [1.807, 2.05) is 0 Å². The van der Waals surface area contributed by atoms with Crippen molar-refractivity contribution in [2.45, 2.75) is 25.0 Å². The molecular weight excluding hydrogens is 378 g/mol.